The van der Waals surface area contributed by atoms with Crippen LogP contribution in [0.2, 0.25) is 0 Å². The molecule has 0 radical (unpaired) electrons. The molecule has 0 amide bonds. The maximum atomic E-state index is 13.9. The Morgan fingerprint density at radius 2 is 1.89 bits per heavy atom. The molecule has 0 atom stereocenters. The fraction of sp³-hybridized carbons (Fsp3) is 0.333. The predicted octanol–water partition coefficient (Wildman–Crippen LogP) is 6.08. The zero-order valence-corrected chi connectivity index (χ0v) is 16.8. The second kappa shape index (κ2) is 9.05. The van der Waals surface area contributed by atoms with Crippen LogP contribution in [0.3, 0.4) is 0 Å². The van der Waals surface area contributed by atoms with Gasteiger partial charge < -0.3 is 9.64 Å². The van der Waals surface area contributed by atoms with Crippen molar-refractivity contribution in [2.45, 2.75) is 33.1 Å². The van der Waals surface area contributed by atoms with Crippen LogP contribution in [0.15, 0.2) is 48.1 Å². The van der Waals surface area contributed by atoms with E-state index in [0.717, 1.165) is 42.8 Å². The Hall–Kier alpha value is -2.62. The molecule has 148 valence electrons. The Bertz CT molecular complexity index is 881. The maximum Gasteiger partial charge on any atom is 0.142 e. The summed E-state index contributed by atoms with van der Waals surface area (Å²) in [6, 6.07) is 8.25. The molecule has 4 heteroatoms. The summed E-state index contributed by atoms with van der Waals surface area (Å²) in [5.74, 6) is -0.231. The van der Waals surface area contributed by atoms with Crippen molar-refractivity contribution in [1.29, 1.82) is 0 Å². The summed E-state index contributed by atoms with van der Waals surface area (Å²) < 4.78 is 33.4. The van der Waals surface area contributed by atoms with Gasteiger partial charge in [-0.25, -0.2) is 8.78 Å². The molecular formula is C24H27F2NO. The molecule has 2 aromatic carbocycles. The van der Waals surface area contributed by atoms with Crippen LogP contribution in [-0.4, -0.2) is 20.2 Å². The van der Waals surface area contributed by atoms with Gasteiger partial charge in [-0.3, -0.25) is 0 Å². The topological polar surface area (TPSA) is 12.5 Å². The van der Waals surface area contributed by atoms with Gasteiger partial charge in [0.2, 0.25) is 0 Å². The van der Waals surface area contributed by atoms with Crippen LogP contribution in [0.1, 0.15) is 36.5 Å². The van der Waals surface area contributed by atoms with Crippen molar-refractivity contribution in [3.05, 3.63) is 76.4 Å². The van der Waals surface area contributed by atoms with Crippen molar-refractivity contribution in [3.8, 4) is 5.75 Å². The second-order valence-corrected chi connectivity index (χ2v) is 7.16. The van der Waals surface area contributed by atoms with Crippen molar-refractivity contribution in [1.82, 2.24) is 0 Å². The van der Waals surface area contributed by atoms with E-state index in [2.05, 4.69) is 37.0 Å². The van der Waals surface area contributed by atoms with E-state index in [9.17, 15) is 8.78 Å². The van der Waals surface area contributed by atoms with E-state index < -0.39 is 11.6 Å². The van der Waals surface area contributed by atoms with E-state index in [4.69, 9.17) is 4.74 Å². The van der Waals surface area contributed by atoms with Gasteiger partial charge in [-0.05, 0) is 66.8 Å². The van der Waals surface area contributed by atoms with Gasteiger partial charge in [-0.2, -0.15) is 0 Å². The number of methoxy groups -OCH3 is 1. The third-order valence-corrected chi connectivity index (χ3v) is 5.14. The summed E-state index contributed by atoms with van der Waals surface area (Å²) in [7, 11) is 1.69. The lowest BCUT2D eigenvalue weighted by Crippen LogP contribution is -2.29. The monoisotopic (exact) mass is 383 g/mol. The molecular weight excluding hydrogens is 356 g/mol. The molecule has 0 N–H and O–H groups in total. The number of rotatable bonds is 6. The van der Waals surface area contributed by atoms with Gasteiger partial charge in [-0.1, -0.05) is 31.6 Å². The Labute approximate surface area is 166 Å². The zero-order valence-electron chi connectivity index (χ0n) is 16.8. The molecule has 0 spiro atoms. The number of aryl methyl sites for hydroxylation is 2. The first-order valence-electron chi connectivity index (χ1n) is 9.77. The molecule has 1 aliphatic heterocycles. The number of ether oxygens (including phenoxy) is 1. The first kappa shape index (κ1) is 20.1. The van der Waals surface area contributed by atoms with Crippen LogP contribution in [0, 0.1) is 18.6 Å². The Morgan fingerprint density at radius 3 is 2.57 bits per heavy atom. The Balaban J connectivity index is 1.84. The number of nitrogens with zero attached hydrogens (tertiary/aromatic N) is 1. The quantitative estimate of drug-likeness (QED) is 0.599. The van der Waals surface area contributed by atoms with Gasteiger partial charge in [0.15, 0.2) is 0 Å². The second-order valence-electron chi connectivity index (χ2n) is 7.16. The normalized spacial score (nSPS) is 14.5. The lowest BCUT2D eigenvalue weighted by atomic mass is 10.0. The molecule has 0 fully saturated rings. The molecule has 3 rings (SSSR count). The van der Waals surface area contributed by atoms with Crippen molar-refractivity contribution < 1.29 is 13.5 Å². The minimum atomic E-state index is -0.547. The number of benzene rings is 2. The average molecular weight is 383 g/mol. The molecule has 28 heavy (non-hydrogen) atoms. The number of anilines is 1. The Kier molecular flexibility index (Phi) is 6.50. The molecule has 0 bridgehead atoms. The van der Waals surface area contributed by atoms with E-state index in [0.29, 0.717) is 6.54 Å². The highest BCUT2D eigenvalue weighted by atomic mass is 19.1. The lowest BCUT2D eigenvalue weighted by Gasteiger charge is -2.30. The van der Waals surface area contributed by atoms with Crippen LogP contribution >= 0.6 is 0 Å². The van der Waals surface area contributed by atoms with Gasteiger partial charge in [0.25, 0.3) is 0 Å². The van der Waals surface area contributed by atoms with E-state index in [1.54, 1.807) is 13.2 Å². The molecule has 0 aliphatic carbocycles. The smallest absolute Gasteiger partial charge is 0.142 e. The van der Waals surface area contributed by atoms with Gasteiger partial charge >= 0.3 is 0 Å². The molecule has 1 heterocycles. The fourth-order valence-electron chi connectivity index (χ4n) is 3.62. The van der Waals surface area contributed by atoms with Crippen LogP contribution in [0.25, 0.3) is 6.08 Å². The SMILES string of the molecule is CCCc1cc(N2CCC=C(/C=C/c3c(F)cccc3F)C2)c(OC)cc1C. The standard InChI is InChI=1S/C24H27F2NO/c1-4-7-19-15-23(24(28-3)14-17(19)2)27-13-6-8-18(16-27)11-12-20-21(25)9-5-10-22(20)26/h5,8-12,14-15H,4,6-7,13,16H2,1-3H3/b12-11+. The molecule has 0 unspecified atom stereocenters. The number of hydrogen-bond acceptors (Lipinski definition) is 2. The maximum absolute atomic E-state index is 13.9. The van der Waals surface area contributed by atoms with Gasteiger partial charge in [0, 0.05) is 18.7 Å². The van der Waals surface area contributed by atoms with Gasteiger partial charge in [0.1, 0.15) is 17.4 Å². The van der Waals surface area contributed by atoms with Gasteiger partial charge in [0.05, 0.1) is 12.8 Å². The van der Waals surface area contributed by atoms with Crippen molar-refractivity contribution in [3.63, 3.8) is 0 Å². The molecule has 2 nitrogen and oxygen atoms in total. The van der Waals surface area contributed by atoms with Crippen LogP contribution in [-0.2, 0) is 6.42 Å². The third-order valence-electron chi connectivity index (χ3n) is 5.14. The molecule has 0 saturated carbocycles. The zero-order chi connectivity index (χ0) is 20.1. The van der Waals surface area contributed by atoms with Gasteiger partial charge in [-0.15, -0.1) is 0 Å². The van der Waals surface area contributed by atoms with Crippen molar-refractivity contribution in [2.75, 3.05) is 25.1 Å². The summed E-state index contributed by atoms with van der Waals surface area (Å²) in [6.07, 6.45) is 8.45. The van der Waals surface area contributed by atoms with Crippen LogP contribution in [0.4, 0.5) is 14.5 Å². The molecule has 0 saturated heterocycles. The fourth-order valence-corrected chi connectivity index (χ4v) is 3.62. The third kappa shape index (κ3) is 4.44. The average Bonchev–Trinajstić information content (AvgIpc) is 2.69. The van der Waals surface area contributed by atoms with E-state index in [1.165, 1.54) is 35.4 Å². The largest absolute Gasteiger partial charge is 0.495 e. The summed E-state index contributed by atoms with van der Waals surface area (Å²) in [5, 5.41) is 0. The molecule has 2 aromatic rings. The van der Waals surface area contributed by atoms with E-state index >= 15 is 0 Å². The first-order chi connectivity index (χ1) is 13.5. The number of hydrogen-bond donors (Lipinski definition) is 0. The lowest BCUT2D eigenvalue weighted by molar-refractivity contribution is 0.414. The summed E-state index contributed by atoms with van der Waals surface area (Å²) in [6.45, 7) is 5.86. The first-order valence-corrected chi connectivity index (χ1v) is 9.77. The highest BCUT2D eigenvalue weighted by molar-refractivity contribution is 5.64. The van der Waals surface area contributed by atoms with Crippen molar-refractivity contribution in [2.24, 2.45) is 0 Å². The summed E-state index contributed by atoms with van der Waals surface area (Å²) in [4.78, 5) is 2.27. The number of halogens is 2. The van der Waals surface area contributed by atoms with Crippen LogP contribution in [0.5, 0.6) is 5.75 Å². The highest BCUT2D eigenvalue weighted by Gasteiger charge is 2.18. The summed E-state index contributed by atoms with van der Waals surface area (Å²) in [5.41, 5.74) is 4.68. The van der Waals surface area contributed by atoms with E-state index in [-0.39, 0.29) is 5.56 Å². The van der Waals surface area contributed by atoms with Crippen molar-refractivity contribution >= 4 is 11.8 Å². The minimum absolute atomic E-state index is 0.00123. The summed E-state index contributed by atoms with van der Waals surface area (Å²) >= 11 is 0. The highest BCUT2D eigenvalue weighted by Crippen LogP contribution is 2.34. The molecule has 1 aliphatic rings. The molecule has 0 aromatic heterocycles. The van der Waals surface area contributed by atoms with Crippen LogP contribution < -0.4 is 9.64 Å². The van der Waals surface area contributed by atoms with E-state index in [1.807, 2.05) is 0 Å². The predicted molar refractivity (Wildman–Crippen MR) is 112 cm³/mol. The Morgan fingerprint density at radius 1 is 1.14 bits per heavy atom. The minimum Gasteiger partial charge on any atom is -0.495 e.